The van der Waals surface area contributed by atoms with Gasteiger partial charge in [0, 0.05) is 29.7 Å². The fourth-order valence-corrected chi connectivity index (χ4v) is 1.82. The number of hydrogen-bond acceptors (Lipinski definition) is 3. The van der Waals surface area contributed by atoms with E-state index in [0.29, 0.717) is 16.6 Å². The van der Waals surface area contributed by atoms with Gasteiger partial charge in [-0.1, -0.05) is 23.2 Å². The van der Waals surface area contributed by atoms with E-state index >= 15 is 0 Å². The van der Waals surface area contributed by atoms with E-state index < -0.39 is 0 Å². The predicted octanol–water partition coefficient (Wildman–Crippen LogP) is 1.93. The summed E-state index contributed by atoms with van der Waals surface area (Å²) in [6.07, 6.45) is 2.23. The zero-order chi connectivity index (χ0) is 9.97. The molecule has 0 bridgehead atoms. The molecular formula is C9H9Cl2N3. The van der Waals surface area contributed by atoms with Crippen LogP contribution in [0.25, 0.3) is 0 Å². The van der Waals surface area contributed by atoms with Crippen molar-refractivity contribution in [2.75, 3.05) is 13.1 Å². The average Bonchev–Trinajstić information content (AvgIpc) is 2.64. The largest absolute Gasteiger partial charge is 0.372 e. The minimum absolute atomic E-state index is 0.453. The second-order valence-electron chi connectivity index (χ2n) is 2.99. The van der Waals surface area contributed by atoms with Crippen LogP contribution in [0.2, 0.25) is 10.2 Å². The highest BCUT2D eigenvalue weighted by atomic mass is 35.5. The maximum Gasteiger partial charge on any atom is 0.134 e. The molecule has 0 radical (unpaired) electrons. The van der Waals surface area contributed by atoms with E-state index in [0.717, 1.165) is 24.5 Å². The monoisotopic (exact) mass is 229 g/mol. The van der Waals surface area contributed by atoms with Crippen molar-refractivity contribution in [2.45, 2.75) is 6.42 Å². The van der Waals surface area contributed by atoms with Crippen LogP contribution in [0.4, 0.5) is 0 Å². The molecule has 0 aliphatic carbocycles. The SMILES string of the molecule is Clc1ccnc(Cl)c1CC1=NCCN1. The van der Waals surface area contributed by atoms with Gasteiger partial charge in [-0.15, -0.1) is 0 Å². The van der Waals surface area contributed by atoms with Crippen LogP contribution in [0.15, 0.2) is 17.3 Å². The smallest absolute Gasteiger partial charge is 0.134 e. The first-order valence-electron chi connectivity index (χ1n) is 4.33. The van der Waals surface area contributed by atoms with Crippen LogP contribution < -0.4 is 5.32 Å². The van der Waals surface area contributed by atoms with E-state index in [1.54, 1.807) is 12.3 Å². The molecule has 0 saturated heterocycles. The van der Waals surface area contributed by atoms with Crippen LogP contribution in [-0.4, -0.2) is 23.9 Å². The number of hydrogen-bond donors (Lipinski definition) is 1. The lowest BCUT2D eigenvalue weighted by atomic mass is 10.2. The van der Waals surface area contributed by atoms with E-state index in [4.69, 9.17) is 23.2 Å². The molecule has 1 aromatic heterocycles. The Labute approximate surface area is 92.2 Å². The summed E-state index contributed by atoms with van der Waals surface area (Å²) < 4.78 is 0. The molecular weight excluding hydrogens is 221 g/mol. The minimum Gasteiger partial charge on any atom is -0.372 e. The number of aromatic nitrogens is 1. The molecule has 0 spiro atoms. The van der Waals surface area contributed by atoms with Gasteiger partial charge in [0.2, 0.25) is 0 Å². The molecule has 0 unspecified atom stereocenters. The second kappa shape index (κ2) is 4.15. The molecule has 0 amide bonds. The van der Waals surface area contributed by atoms with Gasteiger partial charge in [-0.3, -0.25) is 4.99 Å². The molecule has 0 fully saturated rings. The van der Waals surface area contributed by atoms with Crippen molar-refractivity contribution >= 4 is 29.0 Å². The van der Waals surface area contributed by atoms with Crippen LogP contribution in [0, 0.1) is 0 Å². The highest BCUT2D eigenvalue weighted by molar-refractivity contribution is 6.35. The summed E-state index contributed by atoms with van der Waals surface area (Å²) in [4.78, 5) is 8.25. The fourth-order valence-electron chi connectivity index (χ4n) is 1.34. The number of pyridine rings is 1. The molecule has 74 valence electrons. The Morgan fingerprint density at radius 1 is 1.43 bits per heavy atom. The predicted molar refractivity (Wildman–Crippen MR) is 58.3 cm³/mol. The van der Waals surface area contributed by atoms with Gasteiger partial charge in [0.1, 0.15) is 11.0 Å². The summed E-state index contributed by atoms with van der Waals surface area (Å²) >= 11 is 11.9. The Morgan fingerprint density at radius 3 is 2.93 bits per heavy atom. The Morgan fingerprint density at radius 2 is 2.29 bits per heavy atom. The molecule has 0 saturated carbocycles. The van der Waals surface area contributed by atoms with Crippen LogP contribution in [-0.2, 0) is 6.42 Å². The maximum atomic E-state index is 6.00. The van der Waals surface area contributed by atoms with E-state index in [1.165, 1.54) is 0 Å². The van der Waals surface area contributed by atoms with Crippen LogP contribution >= 0.6 is 23.2 Å². The Bertz CT molecular complexity index is 356. The van der Waals surface area contributed by atoms with Crippen molar-refractivity contribution in [2.24, 2.45) is 4.99 Å². The Kier molecular flexibility index (Phi) is 2.89. The van der Waals surface area contributed by atoms with E-state index in [2.05, 4.69) is 15.3 Å². The zero-order valence-corrected chi connectivity index (χ0v) is 8.94. The number of aliphatic imine (C=N–C) groups is 1. The molecule has 2 heterocycles. The van der Waals surface area contributed by atoms with Crippen LogP contribution in [0.3, 0.4) is 0 Å². The molecule has 1 N–H and O–H groups in total. The van der Waals surface area contributed by atoms with E-state index in [-0.39, 0.29) is 0 Å². The topological polar surface area (TPSA) is 37.3 Å². The van der Waals surface area contributed by atoms with Crippen molar-refractivity contribution in [3.8, 4) is 0 Å². The van der Waals surface area contributed by atoms with Gasteiger partial charge in [-0.05, 0) is 6.07 Å². The zero-order valence-electron chi connectivity index (χ0n) is 7.43. The molecule has 0 atom stereocenters. The van der Waals surface area contributed by atoms with Gasteiger partial charge in [-0.2, -0.15) is 0 Å². The number of nitrogens with zero attached hydrogens (tertiary/aromatic N) is 2. The molecule has 0 aromatic carbocycles. The standard InChI is InChI=1S/C9H9Cl2N3/c10-7-1-2-14-9(11)6(7)5-8-12-3-4-13-8/h1-2H,3-5H2,(H,12,13). The minimum atomic E-state index is 0.453. The van der Waals surface area contributed by atoms with Gasteiger partial charge < -0.3 is 5.32 Å². The maximum absolute atomic E-state index is 6.00. The third kappa shape index (κ3) is 1.99. The third-order valence-electron chi connectivity index (χ3n) is 2.03. The first kappa shape index (κ1) is 9.74. The molecule has 5 heteroatoms. The van der Waals surface area contributed by atoms with Crippen LogP contribution in [0.5, 0.6) is 0 Å². The Hall–Kier alpha value is -0.800. The number of halogens is 2. The van der Waals surface area contributed by atoms with E-state index in [1.807, 2.05) is 0 Å². The summed E-state index contributed by atoms with van der Waals surface area (Å²) in [5, 5.41) is 4.26. The summed E-state index contributed by atoms with van der Waals surface area (Å²) in [5.41, 5.74) is 0.837. The molecule has 3 nitrogen and oxygen atoms in total. The summed E-state index contributed by atoms with van der Waals surface area (Å²) in [5.74, 6) is 0.932. The lowest BCUT2D eigenvalue weighted by molar-refractivity contribution is 0.953. The lowest BCUT2D eigenvalue weighted by Crippen LogP contribution is -2.20. The van der Waals surface area contributed by atoms with E-state index in [9.17, 15) is 0 Å². The van der Waals surface area contributed by atoms with Crippen molar-refractivity contribution in [3.05, 3.63) is 28.0 Å². The molecule has 1 aliphatic rings. The molecule has 1 aliphatic heterocycles. The normalized spacial score (nSPS) is 15.1. The number of rotatable bonds is 2. The molecule has 14 heavy (non-hydrogen) atoms. The van der Waals surface area contributed by atoms with Crippen LogP contribution in [0.1, 0.15) is 5.56 Å². The van der Waals surface area contributed by atoms with Gasteiger partial charge in [0.05, 0.1) is 6.54 Å². The van der Waals surface area contributed by atoms with Crippen molar-refractivity contribution in [1.29, 1.82) is 0 Å². The average molecular weight is 230 g/mol. The summed E-state index contributed by atoms with van der Waals surface area (Å²) in [6, 6.07) is 1.73. The lowest BCUT2D eigenvalue weighted by Gasteiger charge is -2.05. The molecule has 1 aromatic rings. The summed E-state index contributed by atoms with van der Waals surface area (Å²) in [7, 11) is 0. The quantitative estimate of drug-likeness (QED) is 0.788. The van der Waals surface area contributed by atoms with Gasteiger partial charge in [0.15, 0.2) is 0 Å². The first-order valence-corrected chi connectivity index (χ1v) is 5.09. The van der Waals surface area contributed by atoms with Gasteiger partial charge in [-0.25, -0.2) is 4.98 Å². The first-order chi connectivity index (χ1) is 6.77. The number of amidine groups is 1. The molecule has 2 rings (SSSR count). The third-order valence-corrected chi connectivity index (χ3v) is 2.71. The highest BCUT2D eigenvalue weighted by Gasteiger charge is 2.12. The Balaban J connectivity index is 2.23. The number of nitrogens with one attached hydrogen (secondary N) is 1. The van der Waals surface area contributed by atoms with Crippen molar-refractivity contribution in [3.63, 3.8) is 0 Å². The highest BCUT2D eigenvalue weighted by Crippen LogP contribution is 2.22. The van der Waals surface area contributed by atoms with Crippen molar-refractivity contribution in [1.82, 2.24) is 10.3 Å². The summed E-state index contributed by atoms with van der Waals surface area (Å²) in [6.45, 7) is 1.72. The second-order valence-corrected chi connectivity index (χ2v) is 3.76. The fraction of sp³-hybridized carbons (Fsp3) is 0.333. The van der Waals surface area contributed by atoms with Gasteiger partial charge in [0.25, 0.3) is 0 Å². The van der Waals surface area contributed by atoms with Gasteiger partial charge >= 0.3 is 0 Å². The van der Waals surface area contributed by atoms with Crippen molar-refractivity contribution < 1.29 is 0 Å².